The molecule has 0 aliphatic heterocycles. The first-order chi connectivity index (χ1) is 7.66. The van der Waals surface area contributed by atoms with Gasteiger partial charge in [-0.1, -0.05) is 19.9 Å². The summed E-state index contributed by atoms with van der Waals surface area (Å²) in [5, 5.41) is 0. The van der Waals surface area contributed by atoms with Crippen LogP contribution in [0.4, 0.5) is 5.82 Å². The molecule has 0 unspecified atom stereocenters. The van der Waals surface area contributed by atoms with Crippen molar-refractivity contribution in [1.29, 1.82) is 0 Å². The molecule has 2 N–H and O–H groups in total. The van der Waals surface area contributed by atoms with Gasteiger partial charge >= 0.3 is 0 Å². The number of pyridine rings is 1. The van der Waals surface area contributed by atoms with Crippen molar-refractivity contribution in [3.63, 3.8) is 0 Å². The van der Waals surface area contributed by atoms with E-state index in [2.05, 4.69) is 28.8 Å². The van der Waals surface area contributed by atoms with Crippen LogP contribution in [0.3, 0.4) is 0 Å². The quantitative estimate of drug-likeness (QED) is 0.832. The molecule has 0 saturated carbocycles. The van der Waals surface area contributed by atoms with Gasteiger partial charge in [-0.05, 0) is 18.1 Å². The van der Waals surface area contributed by atoms with Crippen LogP contribution < -0.4 is 5.73 Å². The van der Waals surface area contributed by atoms with Crippen LogP contribution in [0.5, 0.6) is 0 Å². The van der Waals surface area contributed by atoms with Crippen LogP contribution in [-0.2, 0) is 0 Å². The SMILES string of the molecule is CC(C)c1cc(N)nc(-c2ccccn2)n1. The van der Waals surface area contributed by atoms with Crippen molar-refractivity contribution < 1.29 is 0 Å². The highest BCUT2D eigenvalue weighted by atomic mass is 15.0. The van der Waals surface area contributed by atoms with Gasteiger partial charge in [-0.2, -0.15) is 0 Å². The van der Waals surface area contributed by atoms with E-state index in [1.54, 1.807) is 12.3 Å². The Hall–Kier alpha value is -1.97. The van der Waals surface area contributed by atoms with Gasteiger partial charge in [-0.25, -0.2) is 9.97 Å². The molecule has 0 aliphatic carbocycles. The molecular formula is C12H14N4. The summed E-state index contributed by atoms with van der Waals surface area (Å²) < 4.78 is 0. The van der Waals surface area contributed by atoms with Gasteiger partial charge in [0.15, 0.2) is 5.82 Å². The molecule has 0 aromatic carbocycles. The Morgan fingerprint density at radius 1 is 1.19 bits per heavy atom. The maximum atomic E-state index is 5.76. The van der Waals surface area contributed by atoms with Crippen molar-refractivity contribution in [2.45, 2.75) is 19.8 Å². The third kappa shape index (κ3) is 2.16. The van der Waals surface area contributed by atoms with Crippen molar-refractivity contribution in [3.05, 3.63) is 36.2 Å². The lowest BCUT2D eigenvalue weighted by molar-refractivity contribution is 0.817. The molecule has 2 aromatic heterocycles. The lowest BCUT2D eigenvalue weighted by Crippen LogP contribution is -2.02. The van der Waals surface area contributed by atoms with E-state index in [1.807, 2.05) is 18.2 Å². The zero-order chi connectivity index (χ0) is 11.5. The number of hydrogen-bond acceptors (Lipinski definition) is 4. The monoisotopic (exact) mass is 214 g/mol. The summed E-state index contributed by atoms with van der Waals surface area (Å²) in [7, 11) is 0. The molecule has 2 rings (SSSR count). The van der Waals surface area contributed by atoms with Crippen molar-refractivity contribution in [1.82, 2.24) is 15.0 Å². The Morgan fingerprint density at radius 2 is 2.00 bits per heavy atom. The Morgan fingerprint density at radius 3 is 2.62 bits per heavy atom. The second-order valence-corrected chi connectivity index (χ2v) is 3.91. The Balaban J connectivity index is 2.50. The predicted molar refractivity (Wildman–Crippen MR) is 63.8 cm³/mol. The zero-order valence-corrected chi connectivity index (χ0v) is 9.38. The maximum absolute atomic E-state index is 5.76. The number of aromatic nitrogens is 3. The summed E-state index contributed by atoms with van der Waals surface area (Å²) >= 11 is 0. The Bertz CT molecular complexity index is 480. The molecule has 0 bridgehead atoms. The van der Waals surface area contributed by atoms with E-state index in [1.165, 1.54) is 0 Å². The summed E-state index contributed by atoms with van der Waals surface area (Å²) in [5.74, 6) is 1.40. The van der Waals surface area contributed by atoms with Gasteiger partial charge in [-0.15, -0.1) is 0 Å². The minimum atomic E-state index is 0.327. The molecule has 0 spiro atoms. The standard InChI is InChI=1S/C12H14N4/c1-8(2)10-7-11(13)16-12(15-10)9-5-3-4-6-14-9/h3-8H,1-2H3,(H2,13,15,16). The van der Waals surface area contributed by atoms with Gasteiger partial charge in [0.2, 0.25) is 0 Å². The van der Waals surface area contributed by atoms with Gasteiger partial charge in [0, 0.05) is 18.0 Å². The number of nitrogen functional groups attached to an aromatic ring is 1. The molecule has 0 aliphatic rings. The molecular weight excluding hydrogens is 200 g/mol. The second kappa shape index (κ2) is 4.26. The minimum absolute atomic E-state index is 0.327. The first kappa shape index (κ1) is 10.5. The minimum Gasteiger partial charge on any atom is -0.384 e. The van der Waals surface area contributed by atoms with Gasteiger partial charge in [0.1, 0.15) is 11.5 Å². The van der Waals surface area contributed by atoms with Crippen molar-refractivity contribution in [2.75, 3.05) is 5.73 Å². The molecule has 0 radical (unpaired) electrons. The van der Waals surface area contributed by atoms with Crippen molar-refractivity contribution in [2.24, 2.45) is 0 Å². The molecule has 0 saturated heterocycles. The molecule has 4 nitrogen and oxygen atoms in total. The summed E-state index contributed by atoms with van der Waals surface area (Å²) in [6.45, 7) is 4.15. The fourth-order valence-electron chi connectivity index (χ4n) is 1.39. The van der Waals surface area contributed by atoms with E-state index in [4.69, 9.17) is 5.73 Å². The van der Waals surface area contributed by atoms with E-state index in [0.717, 1.165) is 11.4 Å². The average Bonchev–Trinajstić information content (AvgIpc) is 2.29. The van der Waals surface area contributed by atoms with Crippen LogP contribution in [0.1, 0.15) is 25.5 Å². The van der Waals surface area contributed by atoms with E-state index in [0.29, 0.717) is 17.6 Å². The molecule has 82 valence electrons. The highest BCUT2D eigenvalue weighted by Gasteiger charge is 2.08. The maximum Gasteiger partial charge on any atom is 0.180 e. The van der Waals surface area contributed by atoms with Gasteiger partial charge < -0.3 is 5.73 Å². The average molecular weight is 214 g/mol. The second-order valence-electron chi connectivity index (χ2n) is 3.91. The number of rotatable bonds is 2. The molecule has 0 amide bonds. The number of nitrogens with two attached hydrogens (primary N) is 1. The summed E-state index contributed by atoms with van der Waals surface area (Å²) in [6.07, 6.45) is 1.72. The van der Waals surface area contributed by atoms with Gasteiger partial charge in [0.05, 0.1) is 0 Å². The van der Waals surface area contributed by atoms with Gasteiger partial charge in [-0.3, -0.25) is 4.98 Å². The number of anilines is 1. The Kier molecular flexibility index (Phi) is 2.81. The fourth-order valence-corrected chi connectivity index (χ4v) is 1.39. The molecule has 2 heterocycles. The van der Waals surface area contributed by atoms with Crippen LogP contribution in [0.15, 0.2) is 30.5 Å². The smallest absolute Gasteiger partial charge is 0.180 e. The summed E-state index contributed by atoms with van der Waals surface area (Å²) in [6, 6.07) is 7.44. The van der Waals surface area contributed by atoms with Crippen LogP contribution >= 0.6 is 0 Å². The molecule has 0 atom stereocenters. The predicted octanol–water partition coefficient (Wildman–Crippen LogP) is 2.24. The van der Waals surface area contributed by atoms with Crippen LogP contribution in [0.25, 0.3) is 11.5 Å². The fraction of sp³-hybridized carbons (Fsp3) is 0.250. The molecule has 0 fully saturated rings. The van der Waals surface area contributed by atoms with E-state index in [-0.39, 0.29) is 0 Å². The Labute approximate surface area is 94.6 Å². The first-order valence-corrected chi connectivity index (χ1v) is 5.22. The normalized spacial score (nSPS) is 10.7. The number of hydrogen-bond donors (Lipinski definition) is 1. The highest BCUT2D eigenvalue weighted by molar-refractivity contribution is 5.51. The van der Waals surface area contributed by atoms with Crippen LogP contribution in [0, 0.1) is 0 Å². The summed E-state index contributed by atoms with van der Waals surface area (Å²) in [4.78, 5) is 12.9. The molecule has 4 heteroatoms. The van der Waals surface area contributed by atoms with Crippen molar-refractivity contribution in [3.8, 4) is 11.5 Å². The van der Waals surface area contributed by atoms with E-state index < -0.39 is 0 Å². The topological polar surface area (TPSA) is 64.7 Å². The highest BCUT2D eigenvalue weighted by Crippen LogP contribution is 2.18. The van der Waals surface area contributed by atoms with E-state index in [9.17, 15) is 0 Å². The van der Waals surface area contributed by atoms with E-state index >= 15 is 0 Å². The van der Waals surface area contributed by atoms with Crippen LogP contribution in [0.2, 0.25) is 0 Å². The lowest BCUT2D eigenvalue weighted by Gasteiger charge is -2.07. The largest absolute Gasteiger partial charge is 0.384 e. The third-order valence-electron chi connectivity index (χ3n) is 2.25. The van der Waals surface area contributed by atoms with Gasteiger partial charge in [0.25, 0.3) is 0 Å². The number of nitrogens with zero attached hydrogens (tertiary/aromatic N) is 3. The molecule has 16 heavy (non-hydrogen) atoms. The first-order valence-electron chi connectivity index (χ1n) is 5.22. The molecule has 2 aromatic rings. The van der Waals surface area contributed by atoms with Crippen molar-refractivity contribution >= 4 is 5.82 Å². The summed E-state index contributed by atoms with van der Waals surface area (Å²) in [5.41, 5.74) is 7.44. The third-order valence-corrected chi connectivity index (χ3v) is 2.25. The van der Waals surface area contributed by atoms with Crippen LogP contribution in [-0.4, -0.2) is 15.0 Å². The zero-order valence-electron chi connectivity index (χ0n) is 9.38. The lowest BCUT2D eigenvalue weighted by atomic mass is 10.1.